The third-order valence-electron chi connectivity index (χ3n) is 2.42. The molecular formula is C13H9Cl2NO3. The van der Waals surface area contributed by atoms with Crippen molar-refractivity contribution in [2.45, 2.75) is 0 Å². The number of rotatable bonds is 2. The highest BCUT2D eigenvalue weighted by molar-refractivity contribution is 6.49. The lowest BCUT2D eigenvalue weighted by Gasteiger charge is -2.07. The fourth-order valence-electron chi connectivity index (χ4n) is 1.47. The number of nitrogens with zero attached hydrogens (tertiary/aromatic N) is 1. The number of hydrogen-bond acceptors (Lipinski definition) is 4. The monoisotopic (exact) mass is 297 g/mol. The average molecular weight is 298 g/mol. The number of ether oxygens (including phenoxy) is 1. The van der Waals surface area contributed by atoms with Gasteiger partial charge < -0.3 is 9.84 Å². The summed E-state index contributed by atoms with van der Waals surface area (Å²) < 4.78 is 4.94. The van der Waals surface area contributed by atoms with Crippen LogP contribution in [-0.4, -0.2) is 23.7 Å². The highest BCUT2D eigenvalue weighted by Crippen LogP contribution is 2.35. The van der Waals surface area contributed by atoms with E-state index in [0.29, 0.717) is 11.4 Å². The Balaban J connectivity index is 2.36. The Morgan fingerprint density at radius 3 is 2.37 bits per heavy atom. The van der Waals surface area contributed by atoms with Crippen LogP contribution in [-0.2, 0) is 9.53 Å². The summed E-state index contributed by atoms with van der Waals surface area (Å²) in [5, 5.41) is 9.59. The number of hydrogen-bond donors (Lipinski definition) is 1. The molecule has 98 valence electrons. The Morgan fingerprint density at radius 1 is 1.21 bits per heavy atom. The second kappa shape index (κ2) is 5.47. The van der Waals surface area contributed by atoms with Gasteiger partial charge in [0.1, 0.15) is 11.5 Å². The Kier molecular flexibility index (Phi) is 3.93. The summed E-state index contributed by atoms with van der Waals surface area (Å²) in [4.78, 5) is 15.9. The molecule has 0 amide bonds. The number of ketones is 1. The molecule has 1 aliphatic rings. The van der Waals surface area contributed by atoms with Crippen molar-refractivity contribution in [2.75, 3.05) is 7.11 Å². The van der Waals surface area contributed by atoms with Crippen molar-refractivity contribution in [2.24, 2.45) is 4.99 Å². The van der Waals surface area contributed by atoms with Gasteiger partial charge in [0.2, 0.25) is 5.78 Å². The van der Waals surface area contributed by atoms with E-state index in [1.807, 2.05) is 0 Å². The second-order valence-electron chi connectivity index (χ2n) is 3.70. The molecule has 4 nitrogen and oxygen atoms in total. The van der Waals surface area contributed by atoms with Crippen LogP contribution in [0.3, 0.4) is 0 Å². The van der Waals surface area contributed by atoms with Gasteiger partial charge in [-0.05, 0) is 24.3 Å². The summed E-state index contributed by atoms with van der Waals surface area (Å²) in [5.74, 6) is -0.0234. The van der Waals surface area contributed by atoms with Crippen molar-refractivity contribution >= 4 is 40.4 Å². The maximum Gasteiger partial charge on any atom is 0.207 e. The van der Waals surface area contributed by atoms with Crippen molar-refractivity contribution in [3.63, 3.8) is 0 Å². The summed E-state index contributed by atoms with van der Waals surface area (Å²) in [6.07, 6.45) is 4.50. The van der Waals surface area contributed by atoms with E-state index < -0.39 is 0 Å². The van der Waals surface area contributed by atoms with Gasteiger partial charge in [-0.25, -0.2) is 4.99 Å². The lowest BCUT2D eigenvalue weighted by molar-refractivity contribution is -0.109. The largest absolute Gasteiger partial charge is 0.505 e. The number of carbonyl (C=O) groups excluding carboxylic acids is 1. The van der Waals surface area contributed by atoms with Crippen molar-refractivity contribution < 1.29 is 14.6 Å². The summed E-state index contributed by atoms with van der Waals surface area (Å²) in [7, 11) is 1.48. The smallest absolute Gasteiger partial charge is 0.207 e. The minimum Gasteiger partial charge on any atom is -0.505 e. The standard InChI is InChI=1S/C13H9Cl2NO3/c1-19-8-2-3-11(12(17)6-8)16-7-4-9(14)13(18)10(15)5-7/h2-6,18H,1H3. The molecule has 19 heavy (non-hydrogen) atoms. The number of aliphatic imine (C=N–C) groups is 1. The predicted molar refractivity (Wildman–Crippen MR) is 74.5 cm³/mol. The molecule has 0 atom stereocenters. The zero-order valence-corrected chi connectivity index (χ0v) is 11.4. The van der Waals surface area contributed by atoms with Crippen LogP contribution in [0.2, 0.25) is 10.0 Å². The molecule has 0 radical (unpaired) electrons. The number of phenolic OH excluding ortho intramolecular Hbond substituents is 1. The first-order valence-electron chi connectivity index (χ1n) is 5.26. The summed E-state index contributed by atoms with van der Waals surface area (Å²) in [6, 6.07) is 2.85. The van der Waals surface area contributed by atoms with E-state index in [1.54, 1.807) is 6.08 Å². The van der Waals surface area contributed by atoms with Crippen LogP contribution in [0, 0.1) is 0 Å². The summed E-state index contributed by atoms with van der Waals surface area (Å²) in [6.45, 7) is 0. The Morgan fingerprint density at radius 2 is 1.84 bits per heavy atom. The molecule has 0 aliphatic heterocycles. The van der Waals surface area contributed by atoms with Gasteiger partial charge in [-0.2, -0.15) is 0 Å². The zero-order valence-electron chi connectivity index (χ0n) is 9.85. The molecule has 6 heteroatoms. The molecular weight excluding hydrogens is 289 g/mol. The first-order chi connectivity index (χ1) is 9.01. The number of aromatic hydroxyl groups is 1. The van der Waals surface area contributed by atoms with Crippen LogP contribution in [0.15, 0.2) is 41.1 Å². The average Bonchev–Trinajstić information content (AvgIpc) is 2.38. The topological polar surface area (TPSA) is 58.9 Å². The minimum atomic E-state index is -0.278. The SMILES string of the molecule is COC1=CC(=O)C(=Nc2cc(Cl)c(O)c(Cl)c2)C=C1. The van der Waals surface area contributed by atoms with E-state index in [2.05, 4.69) is 4.99 Å². The lowest BCUT2D eigenvalue weighted by atomic mass is 10.1. The minimum absolute atomic E-state index is 0.0761. The van der Waals surface area contributed by atoms with Crippen molar-refractivity contribution in [3.05, 3.63) is 46.2 Å². The molecule has 1 aliphatic carbocycles. The summed E-state index contributed by atoms with van der Waals surface area (Å²) in [5.41, 5.74) is 0.619. The lowest BCUT2D eigenvalue weighted by Crippen LogP contribution is -2.12. The fraction of sp³-hybridized carbons (Fsp3) is 0.0769. The van der Waals surface area contributed by atoms with E-state index in [-0.39, 0.29) is 27.3 Å². The molecule has 1 aromatic rings. The quantitative estimate of drug-likeness (QED) is 0.851. The molecule has 2 rings (SSSR count). The van der Waals surface area contributed by atoms with Crippen LogP contribution in [0.25, 0.3) is 0 Å². The van der Waals surface area contributed by atoms with Crippen LogP contribution in [0.1, 0.15) is 0 Å². The third-order valence-corrected chi connectivity index (χ3v) is 2.99. The van der Waals surface area contributed by atoms with E-state index in [0.717, 1.165) is 0 Å². The van der Waals surface area contributed by atoms with Gasteiger partial charge in [0.25, 0.3) is 0 Å². The Labute approximate surface area is 119 Å². The van der Waals surface area contributed by atoms with Crippen LogP contribution in [0.5, 0.6) is 5.75 Å². The van der Waals surface area contributed by atoms with E-state index in [4.69, 9.17) is 27.9 Å². The predicted octanol–water partition coefficient (Wildman–Crippen LogP) is 3.44. The normalized spacial score (nSPS) is 16.7. The molecule has 0 saturated carbocycles. The number of halogens is 2. The molecule has 1 aromatic carbocycles. The Bertz CT molecular complexity index is 610. The van der Waals surface area contributed by atoms with Crippen molar-refractivity contribution in [1.82, 2.24) is 0 Å². The molecule has 0 heterocycles. The van der Waals surface area contributed by atoms with Gasteiger partial charge in [-0.15, -0.1) is 0 Å². The highest BCUT2D eigenvalue weighted by Gasteiger charge is 2.13. The number of phenols is 1. The first kappa shape index (κ1) is 13.6. The van der Waals surface area contributed by atoms with E-state index in [1.165, 1.54) is 31.4 Å². The van der Waals surface area contributed by atoms with Gasteiger partial charge in [-0.1, -0.05) is 23.2 Å². The number of methoxy groups -OCH3 is 1. The van der Waals surface area contributed by atoms with Gasteiger partial charge in [0, 0.05) is 6.08 Å². The molecule has 1 N–H and O–H groups in total. The van der Waals surface area contributed by atoms with Gasteiger partial charge in [-0.3, -0.25) is 4.79 Å². The van der Waals surface area contributed by atoms with E-state index in [9.17, 15) is 9.90 Å². The maximum atomic E-state index is 11.8. The van der Waals surface area contributed by atoms with Crippen molar-refractivity contribution in [3.8, 4) is 5.75 Å². The highest BCUT2D eigenvalue weighted by atomic mass is 35.5. The number of benzene rings is 1. The maximum absolute atomic E-state index is 11.8. The second-order valence-corrected chi connectivity index (χ2v) is 4.52. The molecule has 0 unspecified atom stereocenters. The zero-order chi connectivity index (χ0) is 14.0. The third kappa shape index (κ3) is 2.97. The molecule has 0 spiro atoms. The molecule has 0 aromatic heterocycles. The molecule has 0 saturated heterocycles. The van der Waals surface area contributed by atoms with Gasteiger partial charge in [0.05, 0.1) is 22.8 Å². The summed E-state index contributed by atoms with van der Waals surface area (Å²) >= 11 is 11.6. The van der Waals surface area contributed by atoms with E-state index >= 15 is 0 Å². The number of allylic oxidation sites excluding steroid dienone is 3. The Hall–Kier alpha value is -1.78. The number of carbonyl (C=O) groups is 1. The van der Waals surface area contributed by atoms with Gasteiger partial charge in [0.15, 0.2) is 5.75 Å². The first-order valence-corrected chi connectivity index (χ1v) is 6.01. The van der Waals surface area contributed by atoms with Crippen LogP contribution in [0.4, 0.5) is 5.69 Å². The van der Waals surface area contributed by atoms with Crippen LogP contribution >= 0.6 is 23.2 Å². The molecule has 0 fully saturated rings. The fourth-order valence-corrected chi connectivity index (χ4v) is 1.95. The molecule has 0 bridgehead atoms. The van der Waals surface area contributed by atoms with Crippen LogP contribution < -0.4 is 0 Å². The van der Waals surface area contributed by atoms with Gasteiger partial charge >= 0.3 is 0 Å². The van der Waals surface area contributed by atoms with Crippen molar-refractivity contribution in [1.29, 1.82) is 0 Å².